The van der Waals surface area contributed by atoms with Gasteiger partial charge in [-0.3, -0.25) is 5.32 Å². The van der Waals surface area contributed by atoms with Crippen molar-refractivity contribution in [2.45, 2.75) is 0 Å². The number of amides is 2. The largest absolute Gasteiger partial charge is 0.337 e. The molecule has 2 rings (SSSR count). The van der Waals surface area contributed by atoms with E-state index >= 15 is 0 Å². The second-order valence-corrected chi connectivity index (χ2v) is 8.55. The second kappa shape index (κ2) is 9.24. The maximum atomic E-state index is 11.8. The quantitative estimate of drug-likeness (QED) is 0.561. The van der Waals surface area contributed by atoms with Gasteiger partial charge in [-0.05, 0) is 26.2 Å². The van der Waals surface area contributed by atoms with Crippen LogP contribution in [0.25, 0.3) is 10.2 Å². The second-order valence-electron chi connectivity index (χ2n) is 4.81. The van der Waals surface area contributed by atoms with Crippen LogP contribution in [0.15, 0.2) is 24.3 Å². The van der Waals surface area contributed by atoms with E-state index in [0.29, 0.717) is 11.7 Å². The lowest BCUT2D eigenvalue weighted by molar-refractivity contribution is 0.252. The summed E-state index contributed by atoms with van der Waals surface area (Å²) >= 11 is 1.48. The highest BCUT2D eigenvalue weighted by Crippen LogP contribution is 2.25. The number of benzene rings is 1. The molecule has 0 unspecified atom stereocenters. The summed E-state index contributed by atoms with van der Waals surface area (Å²) in [6.07, 6.45) is 0. The van der Waals surface area contributed by atoms with Crippen molar-refractivity contribution in [3.8, 4) is 0 Å². The molecule has 120 valence electrons. The third kappa shape index (κ3) is 6.04. The van der Waals surface area contributed by atoms with Gasteiger partial charge in [0.2, 0.25) is 0 Å². The number of hydrogen-bond acceptors (Lipinski definition) is 6. The number of aromatic nitrogens is 1. The first kappa shape index (κ1) is 17.4. The van der Waals surface area contributed by atoms with E-state index in [0.717, 1.165) is 28.3 Å². The molecule has 8 heteroatoms. The first-order valence-corrected chi connectivity index (χ1v) is 10.2. The molecular formula is C14H20N4OS3. The summed E-state index contributed by atoms with van der Waals surface area (Å²) in [5.41, 5.74) is 0.913. The lowest BCUT2D eigenvalue weighted by Gasteiger charge is -2.08. The van der Waals surface area contributed by atoms with Crippen LogP contribution in [0.2, 0.25) is 0 Å². The number of para-hydroxylation sites is 1. The van der Waals surface area contributed by atoms with Crippen molar-refractivity contribution in [2.75, 3.05) is 44.0 Å². The molecule has 0 aliphatic carbocycles. The molecule has 22 heavy (non-hydrogen) atoms. The van der Waals surface area contributed by atoms with Crippen LogP contribution in [0.1, 0.15) is 0 Å². The summed E-state index contributed by atoms with van der Waals surface area (Å²) in [6, 6.07) is 7.65. The molecule has 0 bridgehead atoms. The Morgan fingerprint density at radius 3 is 2.82 bits per heavy atom. The smallest absolute Gasteiger partial charge is 0.321 e. The monoisotopic (exact) mass is 356 g/mol. The van der Waals surface area contributed by atoms with Crippen LogP contribution in [-0.2, 0) is 0 Å². The Labute approximate surface area is 142 Å². The molecule has 0 saturated heterocycles. The highest BCUT2D eigenvalue weighted by atomic mass is 33.1. The van der Waals surface area contributed by atoms with Crippen molar-refractivity contribution in [2.24, 2.45) is 0 Å². The zero-order valence-electron chi connectivity index (χ0n) is 12.7. The number of anilines is 1. The van der Waals surface area contributed by atoms with E-state index in [2.05, 4.69) is 34.6 Å². The molecule has 2 aromatic rings. The summed E-state index contributed by atoms with van der Waals surface area (Å²) in [4.78, 5) is 18.3. The average Bonchev–Trinajstić information content (AvgIpc) is 2.88. The van der Waals surface area contributed by atoms with Crippen molar-refractivity contribution < 1.29 is 4.79 Å². The van der Waals surface area contributed by atoms with E-state index in [1.54, 1.807) is 10.8 Å². The molecule has 1 heterocycles. The number of carbonyl (C=O) groups excluding carboxylic acids is 1. The molecule has 0 radical (unpaired) electrons. The van der Waals surface area contributed by atoms with Crippen molar-refractivity contribution in [1.82, 2.24) is 15.2 Å². The van der Waals surface area contributed by atoms with Gasteiger partial charge in [0.25, 0.3) is 0 Å². The zero-order chi connectivity index (χ0) is 15.8. The summed E-state index contributed by atoms with van der Waals surface area (Å²) in [5.74, 6) is 1.99. The third-order valence-electron chi connectivity index (χ3n) is 2.69. The predicted octanol–water partition coefficient (Wildman–Crippen LogP) is 3.36. The first-order chi connectivity index (χ1) is 10.6. The number of carbonyl (C=O) groups is 1. The Bertz CT molecular complexity index is 570. The number of nitrogens with one attached hydrogen (secondary N) is 2. The van der Waals surface area contributed by atoms with Crippen molar-refractivity contribution in [3.63, 3.8) is 0 Å². The van der Waals surface area contributed by atoms with E-state index in [4.69, 9.17) is 0 Å². The maximum Gasteiger partial charge on any atom is 0.321 e. The molecule has 0 spiro atoms. The Balaban J connectivity index is 1.61. The van der Waals surface area contributed by atoms with Gasteiger partial charge in [-0.25, -0.2) is 9.78 Å². The number of rotatable bonds is 8. The van der Waals surface area contributed by atoms with Crippen molar-refractivity contribution in [1.29, 1.82) is 0 Å². The highest BCUT2D eigenvalue weighted by molar-refractivity contribution is 8.76. The van der Waals surface area contributed by atoms with Crippen LogP contribution in [0, 0.1) is 0 Å². The minimum absolute atomic E-state index is 0.196. The fourth-order valence-electron chi connectivity index (χ4n) is 1.61. The number of hydrogen-bond donors (Lipinski definition) is 2. The fourth-order valence-corrected chi connectivity index (χ4v) is 4.51. The summed E-state index contributed by atoms with van der Waals surface area (Å²) in [5, 5.41) is 6.26. The van der Waals surface area contributed by atoms with Gasteiger partial charge in [0.05, 0.1) is 10.2 Å². The van der Waals surface area contributed by atoms with E-state index in [-0.39, 0.29) is 6.03 Å². The maximum absolute atomic E-state index is 11.8. The first-order valence-electron chi connectivity index (χ1n) is 6.95. The molecule has 0 fully saturated rings. The lowest BCUT2D eigenvalue weighted by atomic mass is 10.3. The lowest BCUT2D eigenvalue weighted by Crippen LogP contribution is -2.30. The third-order valence-corrected chi connectivity index (χ3v) is 6.03. The molecule has 5 nitrogen and oxygen atoms in total. The van der Waals surface area contributed by atoms with Crippen LogP contribution < -0.4 is 10.6 Å². The van der Waals surface area contributed by atoms with E-state index in [1.807, 2.05) is 35.1 Å². The average molecular weight is 357 g/mol. The van der Waals surface area contributed by atoms with Gasteiger partial charge in [-0.15, -0.1) is 0 Å². The SMILES string of the molecule is CN(C)CCSSCCNC(=O)Nc1nc2ccccc2s1. The van der Waals surface area contributed by atoms with Gasteiger partial charge in [0, 0.05) is 24.6 Å². The van der Waals surface area contributed by atoms with Crippen LogP contribution in [0.3, 0.4) is 0 Å². The molecule has 0 aliphatic heterocycles. The van der Waals surface area contributed by atoms with Crippen LogP contribution in [0.5, 0.6) is 0 Å². The summed E-state index contributed by atoms with van der Waals surface area (Å²) in [7, 11) is 7.75. The number of nitrogens with zero attached hydrogens (tertiary/aromatic N) is 2. The Hall–Kier alpha value is -0.960. The molecule has 1 aromatic carbocycles. The van der Waals surface area contributed by atoms with Crippen molar-refractivity contribution in [3.05, 3.63) is 24.3 Å². The Morgan fingerprint density at radius 1 is 1.27 bits per heavy atom. The van der Waals surface area contributed by atoms with E-state index < -0.39 is 0 Å². The van der Waals surface area contributed by atoms with E-state index in [1.165, 1.54) is 11.3 Å². The Morgan fingerprint density at radius 2 is 2.05 bits per heavy atom. The minimum atomic E-state index is -0.196. The van der Waals surface area contributed by atoms with Crippen LogP contribution >= 0.6 is 32.9 Å². The topological polar surface area (TPSA) is 57.3 Å². The summed E-state index contributed by atoms with van der Waals surface area (Å²) in [6.45, 7) is 1.72. The molecule has 0 saturated carbocycles. The molecular weight excluding hydrogens is 336 g/mol. The minimum Gasteiger partial charge on any atom is -0.337 e. The van der Waals surface area contributed by atoms with Crippen molar-refractivity contribution >= 4 is 54.3 Å². The standard InChI is InChI=1S/C14H20N4OS3/c1-18(2)8-10-21-20-9-7-15-13(19)17-14-16-11-5-3-4-6-12(11)22-14/h3-6H,7-10H2,1-2H3,(H2,15,16,17,19). The van der Waals surface area contributed by atoms with Gasteiger partial charge in [0.1, 0.15) is 0 Å². The predicted molar refractivity (Wildman–Crippen MR) is 100 cm³/mol. The van der Waals surface area contributed by atoms with Gasteiger partial charge in [-0.1, -0.05) is 45.1 Å². The van der Waals surface area contributed by atoms with Gasteiger partial charge >= 0.3 is 6.03 Å². The van der Waals surface area contributed by atoms with E-state index in [9.17, 15) is 4.79 Å². The molecule has 0 atom stereocenters. The Kier molecular flexibility index (Phi) is 7.31. The fraction of sp³-hybridized carbons (Fsp3) is 0.429. The number of thiazole rings is 1. The molecule has 1 aromatic heterocycles. The normalized spacial score (nSPS) is 11.0. The molecule has 2 amide bonds. The van der Waals surface area contributed by atoms with Crippen LogP contribution in [0.4, 0.5) is 9.93 Å². The highest BCUT2D eigenvalue weighted by Gasteiger charge is 2.06. The summed E-state index contributed by atoms with van der Waals surface area (Å²) < 4.78 is 1.07. The van der Waals surface area contributed by atoms with Gasteiger partial charge in [-0.2, -0.15) is 0 Å². The number of fused-ring (bicyclic) bond motifs is 1. The zero-order valence-corrected chi connectivity index (χ0v) is 15.1. The molecule has 0 aliphatic rings. The van der Waals surface area contributed by atoms with Gasteiger partial charge < -0.3 is 10.2 Å². The number of urea groups is 1. The molecule has 2 N–H and O–H groups in total. The van der Waals surface area contributed by atoms with Crippen LogP contribution in [-0.4, -0.2) is 54.6 Å². The van der Waals surface area contributed by atoms with Gasteiger partial charge in [0.15, 0.2) is 5.13 Å².